The number of ether oxygens (including phenoxy) is 1. The molecular weight excluding hydrogens is 238 g/mol. The van der Waals surface area contributed by atoms with Gasteiger partial charge in [0, 0.05) is 18.0 Å². The summed E-state index contributed by atoms with van der Waals surface area (Å²) in [7, 11) is 1.66. The molecule has 0 amide bonds. The van der Waals surface area contributed by atoms with Crippen LogP contribution < -0.4 is 10.5 Å². The van der Waals surface area contributed by atoms with Crippen molar-refractivity contribution in [2.75, 3.05) is 12.8 Å². The van der Waals surface area contributed by atoms with Crippen LogP contribution in [0.25, 0.3) is 16.9 Å². The standard InChI is InChI=1S/C15H15N3O/c1-10-7-15-17-13(9-18(15)8-12(10)16)11-5-3-4-6-14(11)19-2/h3-9H,16H2,1-2H3. The second-order valence-electron chi connectivity index (χ2n) is 4.50. The molecule has 3 rings (SSSR count). The third kappa shape index (κ3) is 1.91. The van der Waals surface area contributed by atoms with E-state index in [4.69, 9.17) is 10.5 Å². The molecule has 0 aliphatic rings. The summed E-state index contributed by atoms with van der Waals surface area (Å²) in [5, 5.41) is 0. The Kier molecular flexibility index (Phi) is 2.63. The summed E-state index contributed by atoms with van der Waals surface area (Å²) in [6.07, 6.45) is 3.85. The summed E-state index contributed by atoms with van der Waals surface area (Å²) in [4.78, 5) is 4.62. The molecule has 2 aromatic heterocycles. The molecule has 0 saturated heterocycles. The highest BCUT2D eigenvalue weighted by atomic mass is 16.5. The first kappa shape index (κ1) is 11.6. The third-order valence-electron chi connectivity index (χ3n) is 3.22. The van der Waals surface area contributed by atoms with Crippen molar-refractivity contribution >= 4 is 11.3 Å². The molecule has 0 saturated carbocycles. The molecule has 2 N–H and O–H groups in total. The average molecular weight is 253 g/mol. The highest BCUT2D eigenvalue weighted by molar-refractivity contribution is 5.70. The van der Waals surface area contributed by atoms with Crippen LogP contribution in [0.3, 0.4) is 0 Å². The van der Waals surface area contributed by atoms with Gasteiger partial charge in [0.15, 0.2) is 0 Å². The van der Waals surface area contributed by atoms with Gasteiger partial charge in [0.05, 0.1) is 18.5 Å². The van der Waals surface area contributed by atoms with Crippen molar-refractivity contribution in [3.8, 4) is 17.0 Å². The number of methoxy groups -OCH3 is 1. The first-order chi connectivity index (χ1) is 9.19. The summed E-state index contributed by atoms with van der Waals surface area (Å²) < 4.78 is 7.30. The van der Waals surface area contributed by atoms with E-state index in [1.54, 1.807) is 7.11 Å². The van der Waals surface area contributed by atoms with E-state index in [0.29, 0.717) is 0 Å². The van der Waals surface area contributed by atoms with E-state index in [9.17, 15) is 0 Å². The van der Waals surface area contributed by atoms with Gasteiger partial charge in [-0.25, -0.2) is 4.98 Å². The number of nitrogen functional groups attached to an aromatic ring is 1. The van der Waals surface area contributed by atoms with Crippen LogP contribution in [-0.4, -0.2) is 16.5 Å². The minimum Gasteiger partial charge on any atom is -0.496 e. The highest BCUT2D eigenvalue weighted by Crippen LogP contribution is 2.29. The maximum atomic E-state index is 5.92. The van der Waals surface area contributed by atoms with Crippen molar-refractivity contribution in [1.82, 2.24) is 9.38 Å². The Morgan fingerprint density at radius 2 is 2.00 bits per heavy atom. The number of fused-ring (bicyclic) bond motifs is 1. The molecule has 4 heteroatoms. The summed E-state index contributed by atoms with van der Waals surface area (Å²) >= 11 is 0. The fourth-order valence-corrected chi connectivity index (χ4v) is 2.13. The quantitative estimate of drug-likeness (QED) is 0.764. The molecule has 4 nitrogen and oxygen atoms in total. The molecule has 0 bridgehead atoms. The number of pyridine rings is 1. The zero-order valence-electron chi connectivity index (χ0n) is 10.9. The zero-order valence-corrected chi connectivity index (χ0v) is 10.9. The lowest BCUT2D eigenvalue weighted by Gasteiger charge is -2.04. The van der Waals surface area contributed by atoms with Crippen molar-refractivity contribution in [2.24, 2.45) is 0 Å². The molecular formula is C15H15N3O. The molecule has 0 unspecified atom stereocenters. The van der Waals surface area contributed by atoms with Crippen LogP contribution in [0.4, 0.5) is 5.69 Å². The third-order valence-corrected chi connectivity index (χ3v) is 3.22. The Bertz CT molecular complexity index is 707. The van der Waals surface area contributed by atoms with Crippen LogP contribution in [0, 0.1) is 6.92 Å². The monoisotopic (exact) mass is 253 g/mol. The molecule has 0 radical (unpaired) electrons. The van der Waals surface area contributed by atoms with Gasteiger partial charge in [0.2, 0.25) is 0 Å². The maximum Gasteiger partial charge on any atom is 0.137 e. The SMILES string of the molecule is COc1ccccc1-c1cn2cc(N)c(C)cc2n1. The van der Waals surface area contributed by atoms with E-state index in [1.165, 1.54) is 0 Å². The second kappa shape index (κ2) is 4.31. The average Bonchev–Trinajstić information content (AvgIpc) is 2.82. The number of rotatable bonds is 2. The molecule has 2 heterocycles. The Balaban J connectivity index is 2.20. The first-order valence-corrected chi connectivity index (χ1v) is 6.07. The van der Waals surface area contributed by atoms with Crippen LogP contribution >= 0.6 is 0 Å². The number of hydrogen-bond donors (Lipinski definition) is 1. The van der Waals surface area contributed by atoms with E-state index in [-0.39, 0.29) is 0 Å². The summed E-state index contributed by atoms with van der Waals surface area (Å²) in [6.45, 7) is 1.98. The van der Waals surface area contributed by atoms with E-state index >= 15 is 0 Å². The van der Waals surface area contributed by atoms with E-state index in [2.05, 4.69) is 4.98 Å². The van der Waals surface area contributed by atoms with Crippen molar-refractivity contribution < 1.29 is 4.74 Å². The number of nitrogens with two attached hydrogens (primary N) is 1. The summed E-state index contributed by atoms with van der Waals surface area (Å²) in [5.74, 6) is 0.815. The van der Waals surface area contributed by atoms with Gasteiger partial charge >= 0.3 is 0 Å². The lowest BCUT2D eigenvalue weighted by molar-refractivity contribution is 0.416. The van der Waals surface area contributed by atoms with Gasteiger partial charge in [-0.2, -0.15) is 0 Å². The van der Waals surface area contributed by atoms with E-state index in [0.717, 1.165) is 33.9 Å². The predicted molar refractivity (Wildman–Crippen MR) is 76.3 cm³/mol. The first-order valence-electron chi connectivity index (χ1n) is 6.07. The molecule has 0 spiro atoms. The minimum atomic E-state index is 0.761. The number of para-hydroxylation sites is 1. The molecule has 96 valence electrons. The van der Waals surface area contributed by atoms with Gasteiger partial charge < -0.3 is 14.9 Å². The smallest absolute Gasteiger partial charge is 0.137 e. The van der Waals surface area contributed by atoms with Gasteiger partial charge in [-0.15, -0.1) is 0 Å². The maximum absolute atomic E-state index is 5.92. The van der Waals surface area contributed by atoms with Crippen molar-refractivity contribution in [3.05, 3.63) is 48.3 Å². The van der Waals surface area contributed by atoms with Gasteiger partial charge in [-0.05, 0) is 30.7 Å². The Morgan fingerprint density at radius 3 is 2.79 bits per heavy atom. The van der Waals surface area contributed by atoms with E-state index in [1.807, 2.05) is 54.0 Å². The molecule has 0 aliphatic heterocycles. The molecule has 0 aliphatic carbocycles. The lowest BCUT2D eigenvalue weighted by Crippen LogP contribution is -1.93. The number of nitrogens with zero attached hydrogens (tertiary/aromatic N) is 2. The summed E-state index contributed by atoms with van der Waals surface area (Å²) in [5.41, 5.74) is 10.4. The van der Waals surface area contributed by atoms with Crippen LogP contribution in [-0.2, 0) is 0 Å². The van der Waals surface area contributed by atoms with Crippen molar-refractivity contribution in [1.29, 1.82) is 0 Å². The number of aromatic nitrogens is 2. The Hall–Kier alpha value is -2.49. The van der Waals surface area contributed by atoms with Gasteiger partial charge in [-0.1, -0.05) is 12.1 Å². The largest absolute Gasteiger partial charge is 0.496 e. The molecule has 0 atom stereocenters. The van der Waals surface area contributed by atoms with Gasteiger partial charge in [0.25, 0.3) is 0 Å². The lowest BCUT2D eigenvalue weighted by atomic mass is 10.1. The summed E-state index contributed by atoms with van der Waals surface area (Å²) in [6, 6.07) is 9.83. The van der Waals surface area contributed by atoms with Crippen LogP contribution in [0.15, 0.2) is 42.7 Å². The Labute approximate surface area is 111 Å². The number of hydrogen-bond acceptors (Lipinski definition) is 3. The van der Waals surface area contributed by atoms with Crippen LogP contribution in [0.2, 0.25) is 0 Å². The molecule has 3 aromatic rings. The van der Waals surface area contributed by atoms with Crippen LogP contribution in [0.1, 0.15) is 5.56 Å². The predicted octanol–water partition coefficient (Wildman–Crippen LogP) is 2.90. The van der Waals surface area contributed by atoms with E-state index < -0.39 is 0 Å². The Morgan fingerprint density at radius 1 is 1.21 bits per heavy atom. The fourth-order valence-electron chi connectivity index (χ4n) is 2.13. The van der Waals surface area contributed by atoms with Crippen molar-refractivity contribution in [3.63, 3.8) is 0 Å². The minimum absolute atomic E-state index is 0.761. The topological polar surface area (TPSA) is 52.5 Å². The van der Waals surface area contributed by atoms with Gasteiger partial charge in [0.1, 0.15) is 11.4 Å². The number of aryl methyl sites for hydroxylation is 1. The normalized spacial score (nSPS) is 10.8. The molecule has 0 fully saturated rings. The van der Waals surface area contributed by atoms with Crippen LogP contribution in [0.5, 0.6) is 5.75 Å². The zero-order chi connectivity index (χ0) is 13.4. The highest BCUT2D eigenvalue weighted by Gasteiger charge is 2.10. The number of anilines is 1. The molecule has 19 heavy (non-hydrogen) atoms. The molecule has 1 aromatic carbocycles. The fraction of sp³-hybridized carbons (Fsp3) is 0.133. The number of benzene rings is 1. The number of imidazole rings is 1. The van der Waals surface area contributed by atoms with Gasteiger partial charge in [-0.3, -0.25) is 0 Å². The second-order valence-corrected chi connectivity index (χ2v) is 4.50. The van der Waals surface area contributed by atoms with Crippen molar-refractivity contribution in [2.45, 2.75) is 6.92 Å².